The summed E-state index contributed by atoms with van der Waals surface area (Å²) in [5, 5.41) is 9.77. The fourth-order valence-corrected chi connectivity index (χ4v) is 3.75. The molecule has 4 atom stereocenters. The van der Waals surface area contributed by atoms with Gasteiger partial charge in [0.15, 0.2) is 5.78 Å². The van der Waals surface area contributed by atoms with E-state index in [0.29, 0.717) is 18.6 Å². The van der Waals surface area contributed by atoms with E-state index >= 15 is 0 Å². The van der Waals surface area contributed by atoms with E-state index in [1.165, 1.54) is 0 Å². The van der Waals surface area contributed by atoms with Gasteiger partial charge in [0.1, 0.15) is 5.54 Å². The summed E-state index contributed by atoms with van der Waals surface area (Å²) in [5.74, 6) is 0.933. The summed E-state index contributed by atoms with van der Waals surface area (Å²) in [4.78, 5) is 14.7. The Kier molecular flexibility index (Phi) is 4.09. The summed E-state index contributed by atoms with van der Waals surface area (Å²) in [5.41, 5.74) is -0.768. The van der Waals surface area contributed by atoms with Crippen molar-refractivity contribution in [3.8, 4) is 0 Å². The Balaban J connectivity index is 2.25. The van der Waals surface area contributed by atoms with Gasteiger partial charge in [-0.1, -0.05) is 13.8 Å². The van der Waals surface area contributed by atoms with Crippen LogP contribution in [-0.2, 0) is 9.53 Å². The molecule has 4 heteroatoms. The lowest BCUT2D eigenvalue weighted by Crippen LogP contribution is -2.72. The van der Waals surface area contributed by atoms with Crippen LogP contribution >= 0.6 is 0 Å². The smallest absolute Gasteiger partial charge is 0.161 e. The van der Waals surface area contributed by atoms with Gasteiger partial charge in [0, 0.05) is 25.6 Å². The molecule has 0 aromatic carbocycles. The van der Waals surface area contributed by atoms with Gasteiger partial charge in [-0.2, -0.15) is 0 Å². The Hall–Kier alpha value is -0.450. The average Bonchev–Trinajstić information content (AvgIpc) is 2.33. The molecule has 0 spiro atoms. The highest BCUT2D eigenvalue weighted by Gasteiger charge is 2.56. The van der Waals surface area contributed by atoms with Crippen LogP contribution in [-0.4, -0.2) is 54.2 Å². The lowest BCUT2D eigenvalue weighted by atomic mass is 9.69. The van der Waals surface area contributed by atoms with E-state index in [1.54, 1.807) is 7.11 Å². The van der Waals surface area contributed by atoms with Crippen molar-refractivity contribution in [2.45, 2.75) is 44.7 Å². The zero-order valence-electron chi connectivity index (χ0n) is 11.7. The molecule has 1 unspecified atom stereocenters. The fourth-order valence-electron chi connectivity index (χ4n) is 3.75. The highest BCUT2D eigenvalue weighted by atomic mass is 16.5. The van der Waals surface area contributed by atoms with Crippen LogP contribution in [0.25, 0.3) is 0 Å². The van der Waals surface area contributed by atoms with Crippen molar-refractivity contribution in [2.24, 2.45) is 11.8 Å². The van der Waals surface area contributed by atoms with Gasteiger partial charge < -0.3 is 9.84 Å². The van der Waals surface area contributed by atoms with Gasteiger partial charge in [-0.25, -0.2) is 0 Å². The number of nitrogens with zero attached hydrogens (tertiary/aromatic N) is 1. The summed E-state index contributed by atoms with van der Waals surface area (Å²) >= 11 is 0. The number of aliphatic hydroxyl groups is 1. The minimum absolute atomic E-state index is 0.120. The third-order valence-corrected chi connectivity index (χ3v) is 4.48. The van der Waals surface area contributed by atoms with Crippen molar-refractivity contribution in [1.29, 1.82) is 0 Å². The first-order valence-electron chi connectivity index (χ1n) is 6.96. The van der Waals surface area contributed by atoms with E-state index < -0.39 is 5.54 Å². The molecule has 3 fully saturated rings. The highest BCUT2D eigenvalue weighted by molar-refractivity contribution is 5.92. The number of hydrogen-bond donors (Lipinski definition) is 1. The first-order valence-corrected chi connectivity index (χ1v) is 6.96. The van der Waals surface area contributed by atoms with Crippen LogP contribution in [0.3, 0.4) is 0 Å². The number of fused-ring (bicyclic) bond motifs is 3. The second kappa shape index (κ2) is 5.27. The summed E-state index contributed by atoms with van der Waals surface area (Å²) < 4.78 is 5.23. The molecule has 4 nitrogen and oxygen atoms in total. The molecule has 0 aromatic heterocycles. The zero-order chi connectivity index (χ0) is 13.3. The van der Waals surface area contributed by atoms with E-state index in [0.717, 1.165) is 25.8 Å². The van der Waals surface area contributed by atoms with Crippen molar-refractivity contribution in [3.63, 3.8) is 0 Å². The molecule has 3 aliphatic heterocycles. The molecule has 0 saturated carbocycles. The Morgan fingerprint density at radius 2 is 2.28 bits per heavy atom. The zero-order valence-corrected chi connectivity index (χ0v) is 11.7. The van der Waals surface area contributed by atoms with Crippen molar-refractivity contribution in [2.75, 3.05) is 26.9 Å². The topological polar surface area (TPSA) is 49.8 Å². The number of aliphatic hydroxyl groups excluding tert-OH is 1. The van der Waals surface area contributed by atoms with Crippen LogP contribution in [0, 0.1) is 11.8 Å². The number of hydrogen-bond acceptors (Lipinski definition) is 4. The van der Waals surface area contributed by atoms with Crippen LogP contribution in [0.1, 0.15) is 33.1 Å². The molecule has 3 aliphatic rings. The minimum atomic E-state index is -0.768. The van der Waals surface area contributed by atoms with Gasteiger partial charge in [-0.05, 0) is 25.2 Å². The van der Waals surface area contributed by atoms with Gasteiger partial charge in [-0.15, -0.1) is 0 Å². The molecular formula is C14H25NO3. The highest BCUT2D eigenvalue weighted by Crippen LogP contribution is 2.41. The molecule has 1 N–H and O–H groups in total. The molecule has 3 rings (SSSR count). The lowest BCUT2D eigenvalue weighted by Gasteiger charge is -2.56. The summed E-state index contributed by atoms with van der Waals surface area (Å²) in [6.07, 6.45) is 3.00. The fraction of sp³-hybridized carbons (Fsp3) is 0.929. The Labute approximate surface area is 109 Å². The van der Waals surface area contributed by atoms with Crippen LogP contribution in [0.5, 0.6) is 0 Å². The number of rotatable bonds is 5. The SMILES string of the molecule is COC[C@]1(CO)C(=O)[C@@H]2CCN1[C@H](CC(C)C)C2. The van der Waals surface area contributed by atoms with Gasteiger partial charge >= 0.3 is 0 Å². The normalized spacial score (nSPS) is 39.6. The second-order valence-electron chi connectivity index (χ2n) is 6.19. The quantitative estimate of drug-likeness (QED) is 0.798. The molecule has 18 heavy (non-hydrogen) atoms. The predicted octanol–water partition coefficient (Wildman–Crippen LogP) is 1.07. The van der Waals surface area contributed by atoms with E-state index in [9.17, 15) is 9.90 Å². The minimum Gasteiger partial charge on any atom is -0.394 e. The summed E-state index contributed by atoms with van der Waals surface area (Å²) in [6.45, 7) is 5.53. The van der Waals surface area contributed by atoms with Gasteiger partial charge in [-0.3, -0.25) is 9.69 Å². The Morgan fingerprint density at radius 1 is 1.56 bits per heavy atom. The van der Waals surface area contributed by atoms with Gasteiger partial charge in [0.05, 0.1) is 13.2 Å². The number of piperidine rings is 3. The second-order valence-corrected chi connectivity index (χ2v) is 6.19. The maximum Gasteiger partial charge on any atom is 0.161 e. The van der Waals surface area contributed by atoms with Gasteiger partial charge in [0.2, 0.25) is 0 Å². The number of Topliss-reactive ketones (excluding diaryl/α,β-unsaturated/α-hetero) is 1. The number of carbonyl (C=O) groups is 1. The predicted molar refractivity (Wildman–Crippen MR) is 69.4 cm³/mol. The number of methoxy groups -OCH3 is 1. The van der Waals surface area contributed by atoms with E-state index in [-0.39, 0.29) is 18.3 Å². The van der Waals surface area contributed by atoms with Crippen molar-refractivity contribution < 1.29 is 14.6 Å². The molecule has 0 radical (unpaired) electrons. The first kappa shape index (κ1) is 14.0. The maximum absolute atomic E-state index is 12.5. The van der Waals surface area contributed by atoms with Crippen molar-refractivity contribution in [1.82, 2.24) is 4.90 Å². The van der Waals surface area contributed by atoms with Crippen LogP contribution in [0.15, 0.2) is 0 Å². The molecule has 0 aromatic rings. The van der Waals surface area contributed by atoms with Crippen LogP contribution in [0.2, 0.25) is 0 Å². The van der Waals surface area contributed by atoms with Crippen LogP contribution in [0.4, 0.5) is 0 Å². The van der Waals surface area contributed by atoms with E-state index in [4.69, 9.17) is 4.74 Å². The van der Waals surface area contributed by atoms with E-state index in [1.807, 2.05) is 0 Å². The molecule has 3 saturated heterocycles. The largest absolute Gasteiger partial charge is 0.394 e. The Bertz CT molecular complexity index is 318. The van der Waals surface area contributed by atoms with Crippen molar-refractivity contribution >= 4 is 5.78 Å². The van der Waals surface area contributed by atoms with Crippen LogP contribution < -0.4 is 0 Å². The lowest BCUT2D eigenvalue weighted by molar-refractivity contribution is -0.167. The maximum atomic E-state index is 12.5. The van der Waals surface area contributed by atoms with E-state index in [2.05, 4.69) is 18.7 Å². The monoisotopic (exact) mass is 255 g/mol. The number of ketones is 1. The molecule has 0 amide bonds. The number of carbonyl (C=O) groups excluding carboxylic acids is 1. The molecule has 3 heterocycles. The standard InChI is InChI=1S/C14H25NO3/c1-10(2)6-12-7-11-4-5-15(12)14(8-16,9-18-3)13(11)17/h10-12,16H,4-9H2,1-3H3/t11-,12-,14-/m1/s1. The molecule has 0 aliphatic carbocycles. The third kappa shape index (κ3) is 2.10. The Morgan fingerprint density at radius 3 is 2.83 bits per heavy atom. The summed E-state index contributed by atoms with van der Waals surface area (Å²) in [6, 6.07) is 0.420. The van der Waals surface area contributed by atoms with Crippen molar-refractivity contribution in [3.05, 3.63) is 0 Å². The molecule has 104 valence electrons. The average molecular weight is 255 g/mol. The molecular weight excluding hydrogens is 230 g/mol. The van der Waals surface area contributed by atoms with Gasteiger partial charge in [0.25, 0.3) is 0 Å². The molecule has 2 bridgehead atoms. The number of ether oxygens (including phenoxy) is 1. The first-order chi connectivity index (χ1) is 8.55. The third-order valence-electron chi connectivity index (χ3n) is 4.48. The summed E-state index contributed by atoms with van der Waals surface area (Å²) in [7, 11) is 1.60.